The molecule has 20 heavy (non-hydrogen) atoms. The zero-order valence-electron chi connectivity index (χ0n) is 11.5. The molecule has 2 aromatic rings. The molecule has 1 aliphatic rings. The molecule has 1 fully saturated rings. The van der Waals surface area contributed by atoms with Gasteiger partial charge in [0, 0.05) is 12.6 Å². The van der Waals surface area contributed by atoms with Gasteiger partial charge in [0.1, 0.15) is 5.75 Å². The Morgan fingerprint density at radius 1 is 1.15 bits per heavy atom. The Balaban J connectivity index is 1.66. The van der Waals surface area contributed by atoms with Crippen LogP contribution < -0.4 is 10.1 Å². The summed E-state index contributed by atoms with van der Waals surface area (Å²) in [6.45, 7) is 2.61. The van der Waals surface area contributed by atoms with Crippen molar-refractivity contribution >= 4 is 0 Å². The topological polar surface area (TPSA) is 21.3 Å². The van der Waals surface area contributed by atoms with Gasteiger partial charge >= 0.3 is 0 Å². The van der Waals surface area contributed by atoms with Gasteiger partial charge in [0.15, 0.2) is 11.6 Å². The van der Waals surface area contributed by atoms with Crippen LogP contribution in [-0.4, -0.2) is 6.04 Å². The van der Waals surface area contributed by atoms with Gasteiger partial charge in [-0.3, -0.25) is 0 Å². The molecule has 0 spiro atoms. The first-order chi connectivity index (χ1) is 9.72. The summed E-state index contributed by atoms with van der Waals surface area (Å²) in [6.07, 6.45) is 2.57. The quantitative estimate of drug-likeness (QED) is 0.881. The zero-order valence-corrected chi connectivity index (χ0v) is 11.5. The van der Waals surface area contributed by atoms with Gasteiger partial charge in [-0.1, -0.05) is 24.3 Å². The van der Waals surface area contributed by atoms with Gasteiger partial charge in [-0.05, 0) is 49.1 Å². The lowest BCUT2D eigenvalue weighted by molar-refractivity contribution is 0.440. The van der Waals surface area contributed by atoms with E-state index < -0.39 is 0 Å². The summed E-state index contributed by atoms with van der Waals surface area (Å²) in [6, 6.07) is 13.7. The highest BCUT2D eigenvalue weighted by atomic mass is 19.1. The molecule has 0 bridgehead atoms. The van der Waals surface area contributed by atoms with E-state index in [1.165, 1.54) is 18.4 Å². The fraction of sp³-hybridized carbons (Fsp3) is 0.294. The number of benzene rings is 2. The first-order valence-corrected chi connectivity index (χ1v) is 6.97. The zero-order chi connectivity index (χ0) is 13.9. The molecular weight excluding hydrogens is 253 g/mol. The van der Waals surface area contributed by atoms with E-state index in [2.05, 4.69) is 5.32 Å². The molecule has 0 amide bonds. The molecule has 2 nitrogen and oxygen atoms in total. The third-order valence-electron chi connectivity index (χ3n) is 3.48. The monoisotopic (exact) mass is 271 g/mol. The minimum absolute atomic E-state index is 0.272. The van der Waals surface area contributed by atoms with E-state index in [1.807, 2.05) is 24.3 Å². The summed E-state index contributed by atoms with van der Waals surface area (Å²) in [5.41, 5.74) is 1.81. The molecule has 2 aromatic carbocycles. The van der Waals surface area contributed by atoms with Crippen LogP contribution in [0.5, 0.6) is 11.5 Å². The molecular formula is C17H18FNO. The van der Waals surface area contributed by atoms with Gasteiger partial charge in [0.2, 0.25) is 0 Å². The van der Waals surface area contributed by atoms with Gasteiger partial charge in [-0.25, -0.2) is 4.39 Å². The van der Waals surface area contributed by atoms with E-state index >= 15 is 0 Å². The molecule has 0 atom stereocenters. The number of halogens is 1. The van der Waals surface area contributed by atoms with Crippen LogP contribution in [0.3, 0.4) is 0 Å². The van der Waals surface area contributed by atoms with Crippen LogP contribution in [0.15, 0.2) is 42.5 Å². The molecule has 0 radical (unpaired) electrons. The number of aryl methyl sites for hydroxylation is 1. The van der Waals surface area contributed by atoms with E-state index in [0.29, 0.717) is 17.4 Å². The van der Waals surface area contributed by atoms with Gasteiger partial charge < -0.3 is 10.1 Å². The smallest absolute Gasteiger partial charge is 0.168 e. The minimum Gasteiger partial charge on any atom is -0.454 e. The van der Waals surface area contributed by atoms with Crippen molar-refractivity contribution in [3.63, 3.8) is 0 Å². The Labute approximate surface area is 118 Å². The van der Waals surface area contributed by atoms with Crippen LogP contribution in [-0.2, 0) is 6.54 Å². The Kier molecular flexibility index (Phi) is 3.70. The van der Waals surface area contributed by atoms with E-state index in [-0.39, 0.29) is 11.6 Å². The van der Waals surface area contributed by atoms with Gasteiger partial charge in [-0.15, -0.1) is 0 Å². The second-order valence-electron chi connectivity index (χ2n) is 5.29. The second-order valence-corrected chi connectivity index (χ2v) is 5.29. The van der Waals surface area contributed by atoms with Crippen LogP contribution in [0, 0.1) is 12.7 Å². The van der Waals surface area contributed by atoms with E-state index in [4.69, 9.17) is 4.74 Å². The van der Waals surface area contributed by atoms with Crippen molar-refractivity contribution in [2.45, 2.75) is 32.4 Å². The molecule has 104 valence electrons. The van der Waals surface area contributed by atoms with Gasteiger partial charge in [0.05, 0.1) is 0 Å². The van der Waals surface area contributed by atoms with E-state index in [9.17, 15) is 4.39 Å². The van der Waals surface area contributed by atoms with Crippen molar-refractivity contribution in [2.24, 2.45) is 0 Å². The Morgan fingerprint density at radius 3 is 2.60 bits per heavy atom. The largest absolute Gasteiger partial charge is 0.454 e. The van der Waals surface area contributed by atoms with Crippen molar-refractivity contribution in [3.05, 3.63) is 59.4 Å². The highest BCUT2D eigenvalue weighted by Gasteiger charge is 2.19. The number of nitrogens with one attached hydrogen (secondary N) is 1. The number of hydrogen-bond acceptors (Lipinski definition) is 2. The number of ether oxygens (including phenoxy) is 1. The number of rotatable bonds is 5. The van der Waals surface area contributed by atoms with E-state index in [0.717, 1.165) is 6.54 Å². The Morgan fingerprint density at radius 2 is 1.90 bits per heavy atom. The van der Waals surface area contributed by atoms with Crippen LogP contribution in [0.4, 0.5) is 4.39 Å². The maximum atomic E-state index is 13.8. The maximum absolute atomic E-state index is 13.8. The lowest BCUT2D eigenvalue weighted by Crippen LogP contribution is -2.14. The second kappa shape index (κ2) is 5.63. The molecule has 3 heteroatoms. The Hall–Kier alpha value is -1.87. The summed E-state index contributed by atoms with van der Waals surface area (Å²) in [5.74, 6) is 0.630. The SMILES string of the molecule is Cc1cccc(Oc2ccc(CNC3CC3)cc2)c1F. The highest BCUT2D eigenvalue weighted by molar-refractivity contribution is 5.36. The molecule has 1 N–H and O–H groups in total. The van der Waals surface area contributed by atoms with Crippen molar-refractivity contribution in [3.8, 4) is 11.5 Å². The predicted octanol–water partition coefficient (Wildman–Crippen LogP) is 4.18. The van der Waals surface area contributed by atoms with Crippen LogP contribution in [0.25, 0.3) is 0 Å². The third kappa shape index (κ3) is 3.17. The van der Waals surface area contributed by atoms with Gasteiger partial charge in [-0.2, -0.15) is 0 Å². The molecule has 0 heterocycles. The fourth-order valence-electron chi connectivity index (χ4n) is 2.05. The van der Waals surface area contributed by atoms with Crippen molar-refractivity contribution in [2.75, 3.05) is 0 Å². The summed E-state index contributed by atoms with van der Waals surface area (Å²) >= 11 is 0. The van der Waals surface area contributed by atoms with Crippen molar-refractivity contribution in [1.82, 2.24) is 5.32 Å². The average Bonchev–Trinajstić information content (AvgIpc) is 3.27. The maximum Gasteiger partial charge on any atom is 0.168 e. The average molecular weight is 271 g/mol. The molecule has 1 aliphatic carbocycles. The summed E-state index contributed by atoms with van der Waals surface area (Å²) in [5, 5.41) is 3.46. The summed E-state index contributed by atoms with van der Waals surface area (Å²) < 4.78 is 19.4. The standard InChI is InChI=1S/C17H18FNO/c1-12-3-2-4-16(17(12)18)20-15-9-5-13(6-10-15)11-19-14-7-8-14/h2-6,9-10,14,19H,7-8,11H2,1H3. The molecule has 0 aliphatic heterocycles. The van der Waals surface area contributed by atoms with E-state index in [1.54, 1.807) is 25.1 Å². The third-order valence-corrected chi connectivity index (χ3v) is 3.48. The first kappa shape index (κ1) is 13.1. The Bertz CT molecular complexity index is 590. The normalized spacial score (nSPS) is 14.3. The lowest BCUT2D eigenvalue weighted by atomic mass is 10.2. The van der Waals surface area contributed by atoms with Crippen LogP contribution in [0.1, 0.15) is 24.0 Å². The fourth-order valence-corrected chi connectivity index (χ4v) is 2.05. The predicted molar refractivity (Wildman–Crippen MR) is 77.5 cm³/mol. The molecule has 3 rings (SSSR count). The summed E-state index contributed by atoms with van der Waals surface area (Å²) in [4.78, 5) is 0. The van der Waals surface area contributed by atoms with Crippen LogP contribution in [0.2, 0.25) is 0 Å². The highest BCUT2D eigenvalue weighted by Crippen LogP contribution is 2.26. The molecule has 0 aromatic heterocycles. The first-order valence-electron chi connectivity index (χ1n) is 6.97. The minimum atomic E-state index is -0.299. The van der Waals surface area contributed by atoms with Crippen LogP contribution >= 0.6 is 0 Å². The lowest BCUT2D eigenvalue weighted by Gasteiger charge is -2.09. The number of hydrogen-bond donors (Lipinski definition) is 1. The van der Waals surface area contributed by atoms with Crippen molar-refractivity contribution in [1.29, 1.82) is 0 Å². The molecule has 0 saturated heterocycles. The van der Waals surface area contributed by atoms with Crippen molar-refractivity contribution < 1.29 is 9.13 Å². The summed E-state index contributed by atoms with van der Waals surface area (Å²) in [7, 11) is 0. The molecule has 1 saturated carbocycles. The van der Waals surface area contributed by atoms with Gasteiger partial charge in [0.25, 0.3) is 0 Å². The molecule has 0 unspecified atom stereocenters.